The molecule has 0 bridgehead atoms. The largest absolute Gasteiger partial charge is 0.478 e. The van der Waals surface area contributed by atoms with E-state index in [4.69, 9.17) is 0 Å². The summed E-state index contributed by atoms with van der Waals surface area (Å²) in [5, 5.41) is 68.3. The Bertz CT molecular complexity index is 833. The summed E-state index contributed by atoms with van der Waals surface area (Å²) in [6.07, 6.45) is 4.04. The van der Waals surface area contributed by atoms with Gasteiger partial charge in [-0.1, -0.05) is 24.3 Å². The number of allylic oxidation sites excluding steroid dienone is 4. The number of carboxylic acids is 4. The summed E-state index contributed by atoms with van der Waals surface area (Å²) in [5.74, 6) is -7.16. The lowest BCUT2D eigenvalue weighted by molar-refractivity contribution is -0.134. The van der Waals surface area contributed by atoms with E-state index in [0.29, 0.717) is 0 Å². The van der Waals surface area contributed by atoms with Gasteiger partial charge >= 0.3 is 23.9 Å². The number of aliphatic carboxylic acids is 4. The van der Waals surface area contributed by atoms with E-state index in [-0.39, 0.29) is 11.1 Å². The van der Waals surface area contributed by atoms with Crippen molar-refractivity contribution >= 4 is 23.9 Å². The second-order valence-electron chi connectivity index (χ2n) is 7.79. The molecule has 0 aromatic heterocycles. The van der Waals surface area contributed by atoms with E-state index in [2.05, 4.69) is 0 Å². The highest BCUT2D eigenvalue weighted by atomic mass is 16.4. The van der Waals surface area contributed by atoms with Gasteiger partial charge in [-0.05, 0) is 27.7 Å². The van der Waals surface area contributed by atoms with Crippen LogP contribution in [0.15, 0.2) is 46.6 Å². The highest BCUT2D eigenvalue weighted by Crippen LogP contribution is 2.51. The minimum atomic E-state index is -2.09. The summed E-state index contributed by atoms with van der Waals surface area (Å²) in [4.78, 5) is 46.4. The molecular weight excluding hydrogens is 440 g/mol. The Morgan fingerprint density at radius 3 is 1.09 bits per heavy atom. The maximum Gasteiger partial charge on any atom is 0.330 e. The van der Waals surface area contributed by atoms with Gasteiger partial charge in [0.2, 0.25) is 0 Å². The van der Waals surface area contributed by atoms with Crippen molar-refractivity contribution in [3.05, 3.63) is 46.6 Å². The predicted molar refractivity (Wildman–Crippen MR) is 115 cm³/mol. The molecule has 0 amide bonds. The minimum Gasteiger partial charge on any atom is -0.478 e. The van der Waals surface area contributed by atoms with Gasteiger partial charge in [-0.2, -0.15) is 0 Å². The second-order valence-corrected chi connectivity index (χ2v) is 7.79. The molecule has 0 aromatic carbocycles. The second kappa shape index (κ2) is 12.1. The minimum absolute atomic E-state index is 0.315. The molecule has 11 heteroatoms. The Morgan fingerprint density at radius 1 is 0.606 bits per heavy atom. The maximum atomic E-state index is 11.7. The topological polar surface area (TPSA) is 210 Å². The van der Waals surface area contributed by atoms with Gasteiger partial charge in [0.25, 0.3) is 0 Å². The fourth-order valence-corrected chi connectivity index (χ4v) is 3.30. The van der Waals surface area contributed by atoms with Crippen LogP contribution in [0.4, 0.5) is 0 Å². The van der Waals surface area contributed by atoms with Crippen LogP contribution < -0.4 is 0 Å². The van der Waals surface area contributed by atoms with Gasteiger partial charge in [0.05, 0.1) is 25.2 Å². The smallest absolute Gasteiger partial charge is 0.330 e. The monoisotopic (exact) mass is 470 g/mol. The molecule has 0 aromatic rings. The normalized spacial score (nSPS) is 16.7. The number of hydrogen-bond donors (Lipinski definition) is 7. The molecule has 0 aliphatic carbocycles. The molecular formula is C22H30O11. The van der Waals surface area contributed by atoms with Crippen LogP contribution >= 0.6 is 0 Å². The van der Waals surface area contributed by atoms with Crippen molar-refractivity contribution in [3.8, 4) is 0 Å². The van der Waals surface area contributed by atoms with Gasteiger partial charge < -0.3 is 35.7 Å². The first-order valence-corrected chi connectivity index (χ1v) is 9.66. The van der Waals surface area contributed by atoms with E-state index in [1.165, 1.54) is 13.8 Å². The van der Waals surface area contributed by atoms with Crippen LogP contribution in [0.5, 0.6) is 0 Å². The van der Waals surface area contributed by atoms with Crippen molar-refractivity contribution in [1.82, 2.24) is 0 Å². The number of hydrogen-bond acceptors (Lipinski definition) is 7. The summed E-state index contributed by atoms with van der Waals surface area (Å²) >= 11 is 0. The number of carboxylic acid groups (broad SMARTS) is 4. The van der Waals surface area contributed by atoms with Crippen molar-refractivity contribution in [2.75, 3.05) is 19.8 Å². The van der Waals surface area contributed by atoms with E-state index in [1.807, 2.05) is 0 Å². The third kappa shape index (κ3) is 6.85. The van der Waals surface area contributed by atoms with Crippen LogP contribution in [-0.2, 0) is 19.2 Å². The third-order valence-corrected chi connectivity index (χ3v) is 5.50. The number of aliphatic hydroxyl groups is 3. The van der Waals surface area contributed by atoms with Gasteiger partial charge in [0.1, 0.15) is 0 Å². The summed E-state index contributed by atoms with van der Waals surface area (Å²) in [6, 6.07) is 0. The van der Waals surface area contributed by atoms with Crippen molar-refractivity contribution < 1.29 is 54.9 Å². The van der Waals surface area contributed by atoms with Crippen LogP contribution in [0.1, 0.15) is 27.7 Å². The maximum absolute atomic E-state index is 11.7. The Labute approximate surface area is 190 Å². The molecule has 0 rings (SSSR count). The molecule has 184 valence electrons. The molecule has 0 saturated heterocycles. The molecule has 0 heterocycles. The number of rotatable bonds is 13. The van der Waals surface area contributed by atoms with Crippen LogP contribution in [0.2, 0.25) is 0 Å². The quantitative estimate of drug-likeness (QED) is 0.186. The Kier molecular flexibility index (Phi) is 10.9. The predicted octanol–water partition coefficient (Wildman–Crippen LogP) is 0.676. The van der Waals surface area contributed by atoms with Gasteiger partial charge in [0.15, 0.2) is 0 Å². The van der Waals surface area contributed by atoms with Gasteiger partial charge in [0, 0.05) is 33.6 Å². The average Bonchev–Trinajstić information content (AvgIpc) is 2.73. The lowest BCUT2D eigenvalue weighted by atomic mass is 9.56. The van der Waals surface area contributed by atoms with E-state index in [9.17, 15) is 54.9 Å². The first-order valence-electron chi connectivity index (χ1n) is 9.66. The molecule has 0 atom stereocenters. The Morgan fingerprint density at radius 2 is 0.879 bits per heavy atom. The molecule has 11 nitrogen and oxygen atoms in total. The first-order chi connectivity index (χ1) is 15.1. The molecule has 0 unspecified atom stereocenters. The summed E-state index contributed by atoms with van der Waals surface area (Å²) < 4.78 is 0. The van der Waals surface area contributed by atoms with Crippen molar-refractivity contribution in [2.24, 2.45) is 16.7 Å². The Balaban J connectivity index is 8.10. The van der Waals surface area contributed by atoms with E-state index >= 15 is 0 Å². The zero-order valence-corrected chi connectivity index (χ0v) is 18.8. The molecule has 0 saturated carbocycles. The molecule has 0 aliphatic heterocycles. The summed E-state index contributed by atoms with van der Waals surface area (Å²) in [7, 11) is 0. The molecule has 0 aliphatic rings. The molecule has 33 heavy (non-hydrogen) atoms. The van der Waals surface area contributed by atoms with Crippen molar-refractivity contribution in [1.29, 1.82) is 0 Å². The zero-order chi connectivity index (χ0) is 26.1. The number of carbonyl (C=O) groups is 4. The van der Waals surface area contributed by atoms with Crippen molar-refractivity contribution in [2.45, 2.75) is 27.7 Å². The molecule has 0 spiro atoms. The molecule has 0 radical (unpaired) electrons. The molecule has 0 fully saturated rings. The summed E-state index contributed by atoms with van der Waals surface area (Å²) in [5.41, 5.74) is -5.55. The van der Waals surface area contributed by atoms with Gasteiger partial charge in [-0.3, -0.25) is 0 Å². The van der Waals surface area contributed by atoms with Crippen LogP contribution in [0, 0.1) is 16.7 Å². The lowest BCUT2D eigenvalue weighted by Gasteiger charge is -2.48. The average molecular weight is 470 g/mol. The highest BCUT2D eigenvalue weighted by molar-refractivity contribution is 5.89. The fraction of sp³-hybridized carbons (Fsp3) is 0.455. The van der Waals surface area contributed by atoms with Crippen LogP contribution in [0.25, 0.3) is 0 Å². The SMILES string of the molecule is CC(=CC(C=C(C)C(=O)O)C(C=C(C)C(=O)O)(C=C(C)C(=O)O)C(CO)(CO)CO)C(=O)O. The third-order valence-electron chi connectivity index (χ3n) is 5.50. The highest BCUT2D eigenvalue weighted by Gasteiger charge is 2.52. The Hall–Kier alpha value is -3.28. The summed E-state index contributed by atoms with van der Waals surface area (Å²) in [6.45, 7) is 1.62. The lowest BCUT2D eigenvalue weighted by Crippen LogP contribution is -2.52. The molecule has 7 N–H and O–H groups in total. The van der Waals surface area contributed by atoms with Gasteiger partial charge in [-0.15, -0.1) is 0 Å². The van der Waals surface area contributed by atoms with Crippen LogP contribution in [0.3, 0.4) is 0 Å². The standard InChI is InChI=1S/C22H30O11/c1-12(17(26)27)5-16(6-13(2)18(28)29)22(7-14(3)19(30)31,8-15(4)20(32)33)21(9-23,10-24)11-25/h5-8,16,23-25H,9-11H2,1-4H3,(H,26,27)(H,28,29)(H,30,31)(H,32,33). The van der Waals surface area contributed by atoms with E-state index in [1.54, 1.807) is 0 Å². The van der Waals surface area contributed by atoms with Crippen LogP contribution in [-0.4, -0.2) is 79.4 Å². The van der Waals surface area contributed by atoms with Gasteiger partial charge in [-0.25, -0.2) is 19.2 Å². The fourth-order valence-electron chi connectivity index (χ4n) is 3.30. The first kappa shape index (κ1) is 29.7. The number of aliphatic hydroxyl groups excluding tert-OH is 3. The van der Waals surface area contributed by atoms with E-state index in [0.717, 1.165) is 38.2 Å². The van der Waals surface area contributed by atoms with Crippen molar-refractivity contribution in [3.63, 3.8) is 0 Å². The zero-order valence-electron chi connectivity index (χ0n) is 18.8. The van der Waals surface area contributed by atoms with E-state index < -0.39 is 71.6 Å².